The average molecular weight is 823 g/mol. The highest BCUT2D eigenvalue weighted by Gasteiger charge is 2.70. The summed E-state index contributed by atoms with van der Waals surface area (Å²) in [4.78, 5) is 31.8. The fourth-order valence-electron chi connectivity index (χ4n) is 15.7. The number of ether oxygens (including phenoxy) is 1. The fraction of sp³-hybridized carbons (Fsp3) is 0.706. The van der Waals surface area contributed by atoms with Gasteiger partial charge in [-0.1, -0.05) is 65.5 Å². The minimum absolute atomic E-state index is 0.0119. The van der Waals surface area contributed by atoms with E-state index in [1.165, 1.54) is 80.3 Å². The van der Waals surface area contributed by atoms with Gasteiger partial charge < -0.3 is 30.9 Å². The Labute approximate surface area is 359 Å². The first-order valence-electron chi connectivity index (χ1n) is 23.4. The molecular formula is C51H74N4O5. The highest BCUT2D eigenvalue weighted by atomic mass is 16.5. The first kappa shape index (κ1) is 43.4. The Balaban J connectivity index is 1.02. The van der Waals surface area contributed by atoms with E-state index in [4.69, 9.17) is 10.5 Å². The molecule has 328 valence electrons. The van der Waals surface area contributed by atoms with Gasteiger partial charge in [-0.05, 0) is 171 Å². The summed E-state index contributed by atoms with van der Waals surface area (Å²) < 4.78 is 5.96. The number of piperidine rings is 1. The number of nitrogens with one attached hydrogen (secondary N) is 1. The largest absolute Gasteiger partial charge is 0.480 e. The minimum Gasteiger partial charge on any atom is -0.480 e. The van der Waals surface area contributed by atoms with E-state index in [0.29, 0.717) is 42.4 Å². The third-order valence-electron chi connectivity index (χ3n) is 19.2. The normalized spacial score (nSPS) is 40.1. The molecule has 10 atom stereocenters. The molecule has 1 amide bonds. The van der Waals surface area contributed by atoms with Gasteiger partial charge in [-0.3, -0.25) is 9.59 Å². The summed E-state index contributed by atoms with van der Waals surface area (Å²) in [6, 6.07) is 3.12. The van der Waals surface area contributed by atoms with Crippen LogP contribution in [0.4, 0.5) is 0 Å². The number of aliphatic carboxylic acids is 1. The number of allylic oxidation sites excluding steroid dienone is 5. The molecule has 4 saturated carbocycles. The van der Waals surface area contributed by atoms with E-state index in [0.717, 1.165) is 45.4 Å². The molecule has 6 aliphatic carbocycles. The molecule has 1 aliphatic heterocycles. The van der Waals surface area contributed by atoms with Gasteiger partial charge in [-0.2, -0.15) is 0 Å². The van der Waals surface area contributed by atoms with Crippen LogP contribution in [-0.2, 0) is 4.79 Å². The van der Waals surface area contributed by atoms with Crippen LogP contribution in [0.15, 0.2) is 66.1 Å². The lowest BCUT2D eigenvalue weighted by Gasteiger charge is -2.72. The van der Waals surface area contributed by atoms with E-state index in [9.17, 15) is 19.8 Å². The van der Waals surface area contributed by atoms with Crippen molar-refractivity contribution in [2.24, 2.45) is 62.4 Å². The summed E-state index contributed by atoms with van der Waals surface area (Å²) in [6.07, 6.45) is 20.2. The SMILES string of the molecule is C=C(C)[C@@H]1CC[C@]2(NCCN3CCC(O)CC3)CC[C@]3(C)[C@H](CCC4[C@@]5(C)CC=C(C6=CC[C@](C(=C)Oc7ncccc7C(N)=O)(C(=O)O)CC6)C(C)(C)C5CC[C@]43C)C12. The van der Waals surface area contributed by atoms with E-state index >= 15 is 0 Å². The molecule has 2 heterocycles. The number of carbonyl (C=O) groups is 2. The summed E-state index contributed by atoms with van der Waals surface area (Å²) in [6.45, 7) is 28.1. The lowest BCUT2D eigenvalue weighted by molar-refractivity contribution is -0.221. The maximum Gasteiger partial charge on any atom is 0.317 e. The van der Waals surface area contributed by atoms with Crippen molar-refractivity contribution in [3.8, 4) is 5.88 Å². The zero-order chi connectivity index (χ0) is 43.0. The van der Waals surface area contributed by atoms with Crippen LogP contribution >= 0.6 is 0 Å². The van der Waals surface area contributed by atoms with Crippen LogP contribution in [-0.4, -0.2) is 69.8 Å². The number of hydrogen-bond acceptors (Lipinski definition) is 7. The lowest BCUT2D eigenvalue weighted by atomic mass is 9.33. The van der Waals surface area contributed by atoms with Crippen molar-refractivity contribution in [3.63, 3.8) is 0 Å². The summed E-state index contributed by atoms with van der Waals surface area (Å²) >= 11 is 0. The Kier molecular flexibility index (Phi) is 11.2. The molecule has 8 rings (SSSR count). The van der Waals surface area contributed by atoms with Crippen LogP contribution in [0.3, 0.4) is 0 Å². The molecule has 5 fully saturated rings. The Bertz CT molecular complexity index is 1960. The number of primary amides is 1. The number of carboxylic acids is 1. The van der Waals surface area contributed by atoms with Crippen molar-refractivity contribution >= 4 is 11.9 Å². The van der Waals surface area contributed by atoms with E-state index < -0.39 is 17.3 Å². The van der Waals surface area contributed by atoms with Gasteiger partial charge in [0, 0.05) is 37.9 Å². The van der Waals surface area contributed by atoms with Gasteiger partial charge in [0.15, 0.2) is 0 Å². The van der Waals surface area contributed by atoms with Crippen molar-refractivity contribution in [1.82, 2.24) is 15.2 Å². The summed E-state index contributed by atoms with van der Waals surface area (Å²) in [5.41, 5.74) is 9.17. The predicted molar refractivity (Wildman–Crippen MR) is 237 cm³/mol. The van der Waals surface area contributed by atoms with Gasteiger partial charge in [0.25, 0.3) is 5.91 Å². The smallest absolute Gasteiger partial charge is 0.317 e. The zero-order valence-corrected chi connectivity index (χ0v) is 37.6. The van der Waals surface area contributed by atoms with Crippen LogP contribution in [0.2, 0.25) is 0 Å². The van der Waals surface area contributed by atoms with Gasteiger partial charge in [0.2, 0.25) is 5.88 Å². The van der Waals surface area contributed by atoms with Crippen LogP contribution in [0, 0.1) is 56.7 Å². The van der Waals surface area contributed by atoms with Crippen molar-refractivity contribution in [2.45, 2.75) is 143 Å². The number of likely N-dealkylation sites (tertiary alicyclic amines) is 1. The molecular weight excluding hydrogens is 749 g/mol. The van der Waals surface area contributed by atoms with E-state index in [1.54, 1.807) is 6.07 Å². The predicted octanol–water partition coefficient (Wildman–Crippen LogP) is 9.25. The Hall–Kier alpha value is -3.27. The van der Waals surface area contributed by atoms with Crippen LogP contribution in [0.25, 0.3) is 0 Å². The number of aromatic nitrogens is 1. The number of pyridine rings is 1. The van der Waals surface area contributed by atoms with E-state index in [2.05, 4.69) is 82.1 Å². The van der Waals surface area contributed by atoms with Gasteiger partial charge in [-0.15, -0.1) is 0 Å². The first-order chi connectivity index (χ1) is 28.3. The highest BCUT2D eigenvalue weighted by molar-refractivity contribution is 5.95. The standard InChI is InChI=1S/C51H74N4O5/c1-32(2)36-15-24-51(54-28-31-55-29-18-35(56)19-30-55)26-25-48(7)39(42(36)51)11-12-41-47(6)20-16-38(46(4,5)40(47)17-21-49(41,48)8)34-13-22-50(23-14-34,45(58)59)33(3)60-44-37(43(52)57)10-9-27-53-44/h9-10,13,16,27,35-36,39-42,54,56H,1,3,11-12,14-15,17-26,28-31H2,2,4-8H3,(H2,52,57)(H,58,59)/t36-,39+,40?,41?,42?,47-,48+,49+,50-,51-/m0/s1. The Morgan fingerprint density at radius 2 is 1.68 bits per heavy atom. The van der Waals surface area contributed by atoms with Crippen molar-refractivity contribution in [2.75, 3.05) is 26.2 Å². The number of nitrogens with zero attached hydrogens (tertiary/aromatic N) is 2. The quantitative estimate of drug-likeness (QED) is 0.128. The molecule has 1 aromatic heterocycles. The van der Waals surface area contributed by atoms with Crippen LogP contribution in [0.5, 0.6) is 5.88 Å². The number of carboxylic acid groups (broad SMARTS) is 1. The van der Waals surface area contributed by atoms with Crippen molar-refractivity contribution in [1.29, 1.82) is 0 Å². The first-order valence-corrected chi connectivity index (χ1v) is 23.4. The fourth-order valence-corrected chi connectivity index (χ4v) is 15.7. The van der Waals surface area contributed by atoms with Crippen molar-refractivity contribution in [3.05, 3.63) is 71.7 Å². The number of rotatable bonds is 11. The molecule has 1 saturated heterocycles. The van der Waals surface area contributed by atoms with Crippen LogP contribution < -0.4 is 15.8 Å². The second-order valence-corrected chi connectivity index (χ2v) is 22.0. The maximum absolute atomic E-state index is 13.0. The Morgan fingerprint density at radius 1 is 0.933 bits per heavy atom. The number of nitrogens with two attached hydrogens (primary N) is 1. The van der Waals surface area contributed by atoms with Gasteiger partial charge in [0.05, 0.1) is 6.10 Å². The van der Waals surface area contributed by atoms with Gasteiger partial charge in [-0.25, -0.2) is 4.98 Å². The van der Waals surface area contributed by atoms with Gasteiger partial charge >= 0.3 is 5.97 Å². The molecule has 9 nitrogen and oxygen atoms in total. The molecule has 5 N–H and O–H groups in total. The van der Waals surface area contributed by atoms with Crippen LogP contribution in [0.1, 0.15) is 142 Å². The molecule has 0 bridgehead atoms. The number of aliphatic hydroxyl groups excluding tert-OH is 1. The zero-order valence-electron chi connectivity index (χ0n) is 37.6. The second-order valence-electron chi connectivity index (χ2n) is 22.0. The molecule has 0 radical (unpaired) electrons. The highest BCUT2D eigenvalue weighted by Crippen LogP contribution is 2.76. The summed E-state index contributed by atoms with van der Waals surface area (Å²) in [5.74, 6) is 1.44. The lowest BCUT2D eigenvalue weighted by Crippen LogP contribution is -2.68. The maximum atomic E-state index is 13.0. The topological polar surface area (TPSA) is 138 Å². The average Bonchev–Trinajstić information content (AvgIpc) is 3.59. The Morgan fingerprint density at radius 3 is 2.35 bits per heavy atom. The molecule has 0 spiro atoms. The third kappa shape index (κ3) is 6.69. The second kappa shape index (κ2) is 15.5. The number of hydrogen-bond donors (Lipinski definition) is 4. The molecule has 7 aliphatic rings. The number of amides is 1. The third-order valence-corrected chi connectivity index (χ3v) is 19.2. The minimum atomic E-state index is -1.34. The molecule has 0 aromatic carbocycles. The summed E-state index contributed by atoms with van der Waals surface area (Å²) in [5, 5.41) is 25.0. The number of carbonyl (C=O) groups excluding carboxylic acids is 1. The molecule has 9 heteroatoms. The molecule has 60 heavy (non-hydrogen) atoms. The molecule has 3 unspecified atom stereocenters. The van der Waals surface area contributed by atoms with E-state index in [1.807, 2.05) is 0 Å². The van der Waals surface area contributed by atoms with Crippen molar-refractivity contribution < 1.29 is 24.5 Å². The number of fused-ring (bicyclic) bond motifs is 7. The number of aliphatic hydroxyl groups is 1. The monoisotopic (exact) mass is 823 g/mol. The summed E-state index contributed by atoms with van der Waals surface area (Å²) in [7, 11) is 0. The van der Waals surface area contributed by atoms with E-state index in [-0.39, 0.29) is 56.9 Å². The van der Waals surface area contributed by atoms with Gasteiger partial charge in [0.1, 0.15) is 16.7 Å². The molecule has 1 aromatic rings.